The fraction of sp³-hybridized carbons (Fsp3) is 0.136. The molecule has 27 heavy (non-hydrogen) atoms. The summed E-state index contributed by atoms with van der Waals surface area (Å²) in [5, 5.41) is 4.27. The van der Waals surface area contributed by atoms with Crippen LogP contribution in [0.3, 0.4) is 0 Å². The van der Waals surface area contributed by atoms with E-state index in [2.05, 4.69) is 74.5 Å². The SMILES string of the molecule is O=C1C[C@@H](c2ccc(Br)s2)c2cn(Cc3ccccc3)c3cccc(c23)N1. The summed E-state index contributed by atoms with van der Waals surface area (Å²) in [5.74, 6) is 0.146. The number of anilines is 1. The minimum Gasteiger partial charge on any atom is -0.343 e. The molecule has 1 aliphatic rings. The van der Waals surface area contributed by atoms with Crippen LogP contribution in [-0.4, -0.2) is 10.5 Å². The van der Waals surface area contributed by atoms with E-state index in [4.69, 9.17) is 0 Å². The van der Waals surface area contributed by atoms with Crippen molar-refractivity contribution in [3.8, 4) is 0 Å². The van der Waals surface area contributed by atoms with E-state index in [0.29, 0.717) is 6.42 Å². The summed E-state index contributed by atoms with van der Waals surface area (Å²) in [7, 11) is 0. The molecule has 0 radical (unpaired) electrons. The molecule has 0 fully saturated rings. The lowest BCUT2D eigenvalue weighted by Gasteiger charge is -2.12. The van der Waals surface area contributed by atoms with Gasteiger partial charge in [-0.1, -0.05) is 36.4 Å². The van der Waals surface area contributed by atoms with Crippen molar-refractivity contribution in [3.63, 3.8) is 0 Å². The van der Waals surface area contributed by atoms with E-state index in [0.717, 1.165) is 26.9 Å². The number of halogens is 1. The van der Waals surface area contributed by atoms with Crippen molar-refractivity contribution in [3.05, 3.63) is 86.7 Å². The zero-order chi connectivity index (χ0) is 18.4. The molecule has 2 aromatic heterocycles. The highest BCUT2D eigenvalue weighted by Crippen LogP contribution is 2.43. The van der Waals surface area contributed by atoms with Gasteiger partial charge < -0.3 is 9.88 Å². The van der Waals surface area contributed by atoms with Gasteiger partial charge in [0.15, 0.2) is 0 Å². The van der Waals surface area contributed by atoms with Gasteiger partial charge in [-0.15, -0.1) is 11.3 Å². The van der Waals surface area contributed by atoms with Crippen molar-refractivity contribution >= 4 is 49.8 Å². The van der Waals surface area contributed by atoms with Gasteiger partial charge in [0.2, 0.25) is 5.91 Å². The van der Waals surface area contributed by atoms with Crippen LogP contribution in [0.15, 0.2) is 70.6 Å². The zero-order valence-electron chi connectivity index (χ0n) is 14.5. The molecule has 0 spiro atoms. The summed E-state index contributed by atoms with van der Waals surface area (Å²) in [4.78, 5) is 13.7. The Balaban J connectivity index is 1.70. The first-order valence-electron chi connectivity index (χ1n) is 8.90. The van der Waals surface area contributed by atoms with Gasteiger partial charge in [-0.25, -0.2) is 0 Å². The van der Waals surface area contributed by atoms with Crippen LogP contribution in [0.2, 0.25) is 0 Å². The van der Waals surface area contributed by atoms with Gasteiger partial charge in [-0.3, -0.25) is 4.79 Å². The summed E-state index contributed by atoms with van der Waals surface area (Å²) < 4.78 is 3.40. The highest BCUT2D eigenvalue weighted by atomic mass is 79.9. The number of carbonyl (C=O) groups is 1. The molecule has 1 aliphatic heterocycles. The van der Waals surface area contributed by atoms with Crippen LogP contribution < -0.4 is 5.32 Å². The van der Waals surface area contributed by atoms with Crippen LogP contribution in [0.25, 0.3) is 10.9 Å². The summed E-state index contributed by atoms with van der Waals surface area (Å²) >= 11 is 5.27. The van der Waals surface area contributed by atoms with Crippen LogP contribution in [0.1, 0.15) is 28.3 Å². The fourth-order valence-electron chi connectivity index (χ4n) is 3.93. The highest BCUT2D eigenvalue weighted by molar-refractivity contribution is 9.11. The number of amides is 1. The number of thiophene rings is 1. The van der Waals surface area contributed by atoms with Gasteiger partial charge in [0.1, 0.15) is 0 Å². The molecule has 0 saturated heterocycles. The van der Waals surface area contributed by atoms with Crippen molar-refractivity contribution in [1.82, 2.24) is 4.57 Å². The van der Waals surface area contributed by atoms with Gasteiger partial charge in [0.05, 0.1) is 15.0 Å². The number of rotatable bonds is 3. The lowest BCUT2D eigenvalue weighted by Crippen LogP contribution is -2.13. The molecule has 5 rings (SSSR count). The van der Waals surface area contributed by atoms with Crippen molar-refractivity contribution in [2.45, 2.75) is 18.9 Å². The molecule has 2 aromatic carbocycles. The molecule has 1 amide bonds. The summed E-state index contributed by atoms with van der Waals surface area (Å²) in [5.41, 5.74) is 4.57. The van der Waals surface area contributed by atoms with Crippen LogP contribution in [0, 0.1) is 0 Å². The Kier molecular flexibility index (Phi) is 4.14. The average Bonchev–Trinajstić information content (AvgIpc) is 3.22. The molecule has 1 atom stereocenters. The molecule has 0 saturated carbocycles. The molecule has 5 heteroatoms. The van der Waals surface area contributed by atoms with Crippen LogP contribution in [-0.2, 0) is 11.3 Å². The van der Waals surface area contributed by atoms with Crippen molar-refractivity contribution in [2.24, 2.45) is 0 Å². The predicted molar refractivity (Wildman–Crippen MR) is 115 cm³/mol. The van der Waals surface area contributed by atoms with Gasteiger partial charge >= 0.3 is 0 Å². The maximum absolute atomic E-state index is 12.5. The molecule has 0 unspecified atom stereocenters. The quantitative estimate of drug-likeness (QED) is 0.420. The summed E-state index contributed by atoms with van der Waals surface area (Å²) in [6, 6.07) is 20.8. The largest absolute Gasteiger partial charge is 0.343 e. The second kappa shape index (κ2) is 6.66. The van der Waals surface area contributed by atoms with E-state index in [9.17, 15) is 4.79 Å². The molecular formula is C22H17BrN2OS. The monoisotopic (exact) mass is 436 g/mol. The van der Waals surface area contributed by atoms with E-state index in [1.807, 2.05) is 18.2 Å². The Hall–Kier alpha value is -2.37. The Morgan fingerprint density at radius 3 is 2.70 bits per heavy atom. The minimum atomic E-state index is 0.0721. The summed E-state index contributed by atoms with van der Waals surface area (Å²) in [6.45, 7) is 0.815. The Labute approximate surface area is 169 Å². The molecule has 3 heterocycles. The normalized spacial score (nSPS) is 16.3. The zero-order valence-corrected chi connectivity index (χ0v) is 16.9. The third-order valence-corrected chi connectivity index (χ3v) is 6.85. The molecule has 3 nitrogen and oxygen atoms in total. The molecule has 0 bridgehead atoms. The topological polar surface area (TPSA) is 34.0 Å². The predicted octanol–water partition coefficient (Wildman–Crippen LogP) is 5.99. The summed E-state index contributed by atoms with van der Waals surface area (Å²) in [6.07, 6.45) is 2.70. The van der Waals surface area contributed by atoms with E-state index in [1.54, 1.807) is 11.3 Å². The second-order valence-corrected chi connectivity index (χ2v) is 9.34. The smallest absolute Gasteiger partial charge is 0.225 e. The van der Waals surface area contributed by atoms with Crippen molar-refractivity contribution < 1.29 is 4.79 Å². The Bertz CT molecular complexity index is 1150. The van der Waals surface area contributed by atoms with Crippen LogP contribution >= 0.6 is 27.3 Å². The maximum atomic E-state index is 12.5. The first-order valence-corrected chi connectivity index (χ1v) is 10.5. The second-order valence-electron chi connectivity index (χ2n) is 6.84. The van der Waals surface area contributed by atoms with Crippen LogP contribution in [0.5, 0.6) is 0 Å². The minimum absolute atomic E-state index is 0.0721. The lowest BCUT2D eigenvalue weighted by atomic mass is 9.94. The van der Waals surface area contributed by atoms with Gasteiger partial charge in [0.25, 0.3) is 0 Å². The number of hydrogen-bond acceptors (Lipinski definition) is 2. The van der Waals surface area contributed by atoms with Gasteiger partial charge in [0, 0.05) is 35.3 Å². The number of benzene rings is 2. The average molecular weight is 437 g/mol. The Morgan fingerprint density at radius 1 is 1.07 bits per heavy atom. The molecule has 1 N–H and O–H groups in total. The van der Waals surface area contributed by atoms with Crippen molar-refractivity contribution in [1.29, 1.82) is 0 Å². The fourth-order valence-corrected chi connectivity index (χ4v) is 5.47. The number of hydrogen-bond donors (Lipinski definition) is 1. The van der Waals surface area contributed by atoms with E-state index in [1.165, 1.54) is 16.0 Å². The first kappa shape index (κ1) is 16.8. The van der Waals surface area contributed by atoms with Crippen molar-refractivity contribution in [2.75, 3.05) is 5.32 Å². The molecular weight excluding hydrogens is 420 g/mol. The number of aromatic nitrogens is 1. The third-order valence-electron chi connectivity index (χ3n) is 5.11. The standard InChI is InChI=1S/C22H17BrN2OS/c23-20-10-9-19(27-20)15-11-21(26)24-17-7-4-8-18-22(17)16(15)13-25(18)12-14-5-2-1-3-6-14/h1-10,13,15H,11-12H2,(H,24,26)/t15-/m1/s1. The molecule has 134 valence electrons. The number of nitrogens with one attached hydrogen (secondary N) is 1. The lowest BCUT2D eigenvalue weighted by molar-refractivity contribution is -0.116. The first-order chi connectivity index (χ1) is 13.2. The number of carbonyl (C=O) groups excluding carboxylic acids is 1. The van der Waals surface area contributed by atoms with E-state index < -0.39 is 0 Å². The van der Waals surface area contributed by atoms with E-state index in [-0.39, 0.29) is 11.8 Å². The molecule has 4 aromatic rings. The maximum Gasteiger partial charge on any atom is 0.225 e. The Morgan fingerprint density at radius 2 is 1.93 bits per heavy atom. The highest BCUT2D eigenvalue weighted by Gasteiger charge is 2.28. The molecule has 0 aliphatic carbocycles. The third kappa shape index (κ3) is 3.01. The van der Waals surface area contributed by atoms with Gasteiger partial charge in [-0.05, 0) is 51.3 Å². The van der Waals surface area contributed by atoms with E-state index >= 15 is 0 Å². The van der Waals surface area contributed by atoms with Crippen LogP contribution in [0.4, 0.5) is 5.69 Å². The number of nitrogens with zero attached hydrogens (tertiary/aromatic N) is 1. The van der Waals surface area contributed by atoms with Gasteiger partial charge in [-0.2, -0.15) is 0 Å².